The minimum atomic E-state index is -0.307. The Labute approximate surface area is 166 Å². The Hall–Kier alpha value is -2.86. The van der Waals surface area contributed by atoms with Gasteiger partial charge in [-0.1, -0.05) is 25.1 Å². The van der Waals surface area contributed by atoms with Gasteiger partial charge in [-0.2, -0.15) is 0 Å². The fourth-order valence-electron chi connectivity index (χ4n) is 3.49. The van der Waals surface area contributed by atoms with Gasteiger partial charge in [0.15, 0.2) is 0 Å². The van der Waals surface area contributed by atoms with Gasteiger partial charge < -0.3 is 21.3 Å². The fraction of sp³-hybridized carbons (Fsp3) is 0.364. The van der Waals surface area contributed by atoms with Crippen molar-refractivity contribution in [1.29, 1.82) is 0 Å². The van der Waals surface area contributed by atoms with Crippen LogP contribution >= 0.6 is 0 Å². The molecule has 3 rings (SSSR count). The van der Waals surface area contributed by atoms with Gasteiger partial charge in [-0.25, -0.2) is 4.79 Å². The summed E-state index contributed by atoms with van der Waals surface area (Å²) in [6.45, 7) is 4.23. The molecule has 1 heterocycles. The van der Waals surface area contributed by atoms with Gasteiger partial charge in [0.1, 0.15) is 0 Å². The number of rotatable bonds is 6. The molecule has 1 fully saturated rings. The number of benzene rings is 2. The van der Waals surface area contributed by atoms with Crippen LogP contribution in [0.4, 0.5) is 21.9 Å². The number of hydrogen-bond donors (Lipinski definition) is 4. The van der Waals surface area contributed by atoms with Crippen molar-refractivity contribution in [2.75, 3.05) is 29.0 Å². The first-order valence-corrected chi connectivity index (χ1v) is 9.84. The van der Waals surface area contributed by atoms with Crippen LogP contribution in [0.15, 0.2) is 54.6 Å². The van der Waals surface area contributed by atoms with Gasteiger partial charge in [-0.05, 0) is 74.2 Å². The Morgan fingerprint density at radius 2 is 1.57 bits per heavy atom. The number of hydrogen-bond acceptors (Lipinski definition) is 3. The van der Waals surface area contributed by atoms with E-state index in [4.69, 9.17) is 0 Å². The molecule has 1 saturated heterocycles. The Morgan fingerprint density at radius 3 is 2.18 bits per heavy atom. The van der Waals surface area contributed by atoms with Crippen LogP contribution in [-0.4, -0.2) is 25.0 Å². The van der Waals surface area contributed by atoms with Gasteiger partial charge in [0.05, 0.1) is 0 Å². The first-order chi connectivity index (χ1) is 13.6. The summed E-state index contributed by atoms with van der Waals surface area (Å²) in [5, 5.41) is 11.9. The molecule has 1 aliphatic heterocycles. The second-order valence-electron chi connectivity index (χ2n) is 7.36. The van der Waals surface area contributed by atoms with E-state index >= 15 is 0 Å². The van der Waals surface area contributed by atoms with Crippen LogP contribution in [0.3, 0.4) is 0 Å². The van der Waals surface area contributed by atoms with Crippen molar-refractivity contribution in [3.63, 3.8) is 0 Å². The number of para-hydroxylation sites is 1. The number of carbonyl (C=O) groups is 2. The van der Waals surface area contributed by atoms with Crippen LogP contribution in [0.25, 0.3) is 0 Å². The zero-order valence-electron chi connectivity index (χ0n) is 16.2. The van der Waals surface area contributed by atoms with Gasteiger partial charge >= 0.3 is 6.03 Å². The van der Waals surface area contributed by atoms with E-state index in [9.17, 15) is 9.59 Å². The second kappa shape index (κ2) is 9.90. The molecule has 28 heavy (non-hydrogen) atoms. The van der Waals surface area contributed by atoms with E-state index < -0.39 is 0 Å². The molecule has 2 aromatic carbocycles. The van der Waals surface area contributed by atoms with E-state index in [1.807, 2.05) is 30.3 Å². The third-order valence-corrected chi connectivity index (χ3v) is 5.11. The minimum absolute atomic E-state index is 0.0283. The van der Waals surface area contributed by atoms with Crippen LogP contribution < -0.4 is 21.3 Å². The molecule has 6 nitrogen and oxygen atoms in total. The SMILES string of the molecule is CC(CC(=O)Nc1ccc(NC(=O)Nc2ccccc2)cc1)C1CCCNC1. The Balaban J connectivity index is 1.45. The first-order valence-electron chi connectivity index (χ1n) is 9.84. The molecule has 2 aromatic rings. The van der Waals surface area contributed by atoms with Gasteiger partial charge in [0.25, 0.3) is 0 Å². The summed E-state index contributed by atoms with van der Waals surface area (Å²) in [5.74, 6) is 0.949. The molecule has 3 amide bonds. The predicted molar refractivity (Wildman–Crippen MR) is 114 cm³/mol. The molecule has 4 N–H and O–H groups in total. The van der Waals surface area contributed by atoms with Crippen LogP contribution in [0.1, 0.15) is 26.2 Å². The molecule has 2 unspecified atom stereocenters. The van der Waals surface area contributed by atoms with Crippen LogP contribution in [0.5, 0.6) is 0 Å². The van der Waals surface area contributed by atoms with E-state index in [-0.39, 0.29) is 11.9 Å². The third-order valence-electron chi connectivity index (χ3n) is 5.11. The van der Waals surface area contributed by atoms with Crippen molar-refractivity contribution in [2.24, 2.45) is 11.8 Å². The maximum absolute atomic E-state index is 12.3. The summed E-state index contributed by atoms with van der Waals surface area (Å²) in [5.41, 5.74) is 2.12. The van der Waals surface area contributed by atoms with Crippen LogP contribution in [0.2, 0.25) is 0 Å². The van der Waals surface area contributed by atoms with Crippen LogP contribution in [0, 0.1) is 11.8 Å². The van der Waals surface area contributed by atoms with Crippen molar-refractivity contribution in [1.82, 2.24) is 5.32 Å². The van der Waals surface area contributed by atoms with Gasteiger partial charge in [0.2, 0.25) is 5.91 Å². The zero-order chi connectivity index (χ0) is 19.8. The molecule has 0 radical (unpaired) electrons. The Kier molecular flexibility index (Phi) is 7.03. The minimum Gasteiger partial charge on any atom is -0.326 e. The highest BCUT2D eigenvalue weighted by Gasteiger charge is 2.22. The van der Waals surface area contributed by atoms with E-state index in [0.29, 0.717) is 23.9 Å². The highest BCUT2D eigenvalue weighted by atomic mass is 16.2. The topological polar surface area (TPSA) is 82.3 Å². The van der Waals surface area contributed by atoms with Crippen molar-refractivity contribution in [3.05, 3.63) is 54.6 Å². The molecule has 1 aliphatic rings. The summed E-state index contributed by atoms with van der Waals surface area (Å²) >= 11 is 0. The largest absolute Gasteiger partial charge is 0.326 e. The number of anilines is 3. The van der Waals surface area contributed by atoms with Crippen molar-refractivity contribution in [3.8, 4) is 0 Å². The zero-order valence-corrected chi connectivity index (χ0v) is 16.2. The summed E-state index contributed by atoms with van der Waals surface area (Å²) < 4.78 is 0. The normalized spacial score (nSPS) is 17.4. The summed E-state index contributed by atoms with van der Waals surface area (Å²) in [6.07, 6.45) is 2.89. The number of piperidine rings is 1. The van der Waals surface area contributed by atoms with Crippen molar-refractivity contribution < 1.29 is 9.59 Å². The van der Waals surface area contributed by atoms with Gasteiger partial charge in [-0.15, -0.1) is 0 Å². The molecule has 0 spiro atoms. The molecular formula is C22H28N4O2. The molecule has 0 aliphatic carbocycles. The lowest BCUT2D eigenvalue weighted by molar-refractivity contribution is -0.117. The first kappa shape index (κ1) is 19.9. The van der Waals surface area contributed by atoms with E-state index in [1.165, 1.54) is 12.8 Å². The third kappa shape index (κ3) is 6.09. The average Bonchev–Trinajstić information content (AvgIpc) is 2.71. The summed E-state index contributed by atoms with van der Waals surface area (Å²) in [7, 11) is 0. The number of amides is 3. The number of carbonyl (C=O) groups excluding carboxylic acids is 2. The standard InChI is InChI=1S/C22H28N4O2/c1-16(17-6-5-13-23-15-17)14-21(27)24-19-9-11-20(12-10-19)26-22(28)25-18-7-3-2-4-8-18/h2-4,7-12,16-17,23H,5-6,13-15H2,1H3,(H,24,27)(H2,25,26,28). The van der Waals surface area contributed by atoms with Crippen molar-refractivity contribution >= 4 is 29.0 Å². The Bertz CT molecular complexity index is 771. The lowest BCUT2D eigenvalue weighted by atomic mass is 9.85. The summed E-state index contributed by atoms with van der Waals surface area (Å²) in [4.78, 5) is 24.3. The fourth-order valence-corrected chi connectivity index (χ4v) is 3.49. The number of urea groups is 1. The molecule has 148 valence electrons. The molecule has 0 bridgehead atoms. The molecule has 6 heteroatoms. The highest BCUT2D eigenvalue weighted by Crippen LogP contribution is 2.23. The molecular weight excluding hydrogens is 352 g/mol. The molecule has 2 atom stereocenters. The number of nitrogens with one attached hydrogen (secondary N) is 4. The lowest BCUT2D eigenvalue weighted by Crippen LogP contribution is -2.34. The Morgan fingerprint density at radius 1 is 0.964 bits per heavy atom. The van der Waals surface area contributed by atoms with E-state index in [0.717, 1.165) is 24.5 Å². The lowest BCUT2D eigenvalue weighted by Gasteiger charge is -2.28. The van der Waals surface area contributed by atoms with E-state index in [2.05, 4.69) is 28.2 Å². The second-order valence-corrected chi connectivity index (χ2v) is 7.36. The predicted octanol–water partition coefficient (Wildman–Crippen LogP) is 4.29. The maximum Gasteiger partial charge on any atom is 0.323 e. The maximum atomic E-state index is 12.3. The average molecular weight is 380 g/mol. The van der Waals surface area contributed by atoms with E-state index in [1.54, 1.807) is 24.3 Å². The quantitative estimate of drug-likeness (QED) is 0.603. The molecule has 0 aromatic heterocycles. The monoisotopic (exact) mass is 380 g/mol. The summed E-state index contributed by atoms with van der Waals surface area (Å²) in [6, 6.07) is 16.1. The molecule has 0 saturated carbocycles. The van der Waals surface area contributed by atoms with Crippen molar-refractivity contribution in [2.45, 2.75) is 26.2 Å². The smallest absolute Gasteiger partial charge is 0.323 e. The van der Waals surface area contributed by atoms with Gasteiger partial charge in [-0.3, -0.25) is 4.79 Å². The van der Waals surface area contributed by atoms with Gasteiger partial charge in [0, 0.05) is 23.5 Å². The van der Waals surface area contributed by atoms with Crippen LogP contribution in [-0.2, 0) is 4.79 Å². The highest BCUT2D eigenvalue weighted by molar-refractivity contribution is 6.00.